The summed E-state index contributed by atoms with van der Waals surface area (Å²) in [7, 11) is 1.57. The quantitative estimate of drug-likeness (QED) is 0.632. The van der Waals surface area contributed by atoms with Crippen molar-refractivity contribution >= 4 is 18.0 Å². The Balaban J connectivity index is 1.11. The molecule has 8 heteroatoms. The van der Waals surface area contributed by atoms with E-state index in [0.717, 1.165) is 17.5 Å². The third kappa shape index (κ3) is 4.16. The van der Waals surface area contributed by atoms with E-state index in [1.165, 1.54) is 16.0 Å². The summed E-state index contributed by atoms with van der Waals surface area (Å²) in [5.41, 5.74) is 3.55. The van der Waals surface area contributed by atoms with Crippen molar-refractivity contribution in [2.75, 3.05) is 26.8 Å². The van der Waals surface area contributed by atoms with Crippen LogP contribution in [0.3, 0.4) is 0 Å². The first-order valence-electron chi connectivity index (χ1n) is 12.1. The van der Waals surface area contributed by atoms with Gasteiger partial charge in [-0.25, -0.2) is 9.59 Å². The van der Waals surface area contributed by atoms with Crippen molar-refractivity contribution < 1.29 is 29.0 Å². The van der Waals surface area contributed by atoms with Crippen LogP contribution < -0.4 is 5.32 Å². The summed E-state index contributed by atoms with van der Waals surface area (Å²) in [6, 6.07) is 16.3. The lowest BCUT2D eigenvalue weighted by Crippen LogP contribution is -2.60. The number of carboxylic acid groups (broad SMARTS) is 1. The largest absolute Gasteiger partial charge is 0.479 e. The van der Waals surface area contributed by atoms with E-state index in [0.29, 0.717) is 19.3 Å². The maximum atomic E-state index is 12.9. The summed E-state index contributed by atoms with van der Waals surface area (Å²) in [6.07, 6.45) is 1.34. The molecule has 2 aliphatic carbocycles. The van der Waals surface area contributed by atoms with Crippen LogP contribution in [0.1, 0.15) is 42.7 Å². The number of nitrogens with one attached hydrogen (secondary N) is 1. The number of benzene rings is 2. The molecule has 2 fully saturated rings. The molecule has 35 heavy (non-hydrogen) atoms. The number of amides is 2. The minimum absolute atomic E-state index is 0.0125. The average molecular weight is 479 g/mol. The standard InChI is InChI=1S/C27H30N2O6/c1-29(27(25(31)32)11-6-12-27)24(30)17-13-18(34-15-17)14-28-26(33)35-16-23-21-9-4-2-7-19(21)20-8-3-5-10-22(20)23/h2-5,7-10,17-18,23H,6,11-16H2,1H3,(H,28,33)(H,31,32)/t17-,18-/m0/s1. The van der Waals surface area contributed by atoms with Crippen LogP contribution in [-0.2, 0) is 19.1 Å². The molecule has 3 aliphatic rings. The van der Waals surface area contributed by atoms with Crippen molar-refractivity contribution in [1.82, 2.24) is 10.2 Å². The van der Waals surface area contributed by atoms with E-state index in [-0.39, 0.29) is 37.7 Å². The third-order valence-electron chi connectivity index (χ3n) is 7.80. The Labute approximate surface area is 204 Å². The van der Waals surface area contributed by atoms with Crippen LogP contribution in [0.5, 0.6) is 0 Å². The zero-order chi connectivity index (χ0) is 24.6. The topological polar surface area (TPSA) is 105 Å². The summed E-state index contributed by atoms with van der Waals surface area (Å²) in [5.74, 6) is -1.59. The first-order chi connectivity index (χ1) is 16.9. The van der Waals surface area contributed by atoms with E-state index in [2.05, 4.69) is 29.6 Å². The molecule has 1 saturated heterocycles. The third-order valence-corrected chi connectivity index (χ3v) is 7.80. The van der Waals surface area contributed by atoms with Gasteiger partial charge in [-0.15, -0.1) is 0 Å². The number of hydrogen-bond donors (Lipinski definition) is 2. The Kier molecular flexibility index (Phi) is 6.23. The number of nitrogens with zero attached hydrogens (tertiary/aromatic N) is 1. The summed E-state index contributed by atoms with van der Waals surface area (Å²) >= 11 is 0. The molecule has 1 aliphatic heterocycles. The van der Waals surface area contributed by atoms with E-state index in [1.54, 1.807) is 7.05 Å². The molecule has 1 heterocycles. The zero-order valence-corrected chi connectivity index (χ0v) is 19.7. The van der Waals surface area contributed by atoms with Gasteiger partial charge in [-0.1, -0.05) is 48.5 Å². The number of hydrogen-bond acceptors (Lipinski definition) is 5. The average Bonchev–Trinajstić information content (AvgIpc) is 3.43. The maximum Gasteiger partial charge on any atom is 0.407 e. The molecule has 184 valence electrons. The number of ether oxygens (including phenoxy) is 2. The van der Waals surface area contributed by atoms with Gasteiger partial charge >= 0.3 is 12.1 Å². The molecule has 5 rings (SSSR count). The second-order valence-corrected chi connectivity index (χ2v) is 9.68. The SMILES string of the molecule is CN(C(=O)[C@@H]1CO[C@H](CNC(=O)OCC2c3ccccc3-c3ccccc32)C1)C1(C(=O)O)CCC1. The molecule has 0 aromatic heterocycles. The maximum absolute atomic E-state index is 12.9. The highest BCUT2D eigenvalue weighted by molar-refractivity contribution is 5.89. The number of likely N-dealkylation sites (N-methyl/N-ethyl adjacent to an activating group) is 1. The van der Waals surface area contributed by atoms with Gasteiger partial charge in [0.2, 0.25) is 5.91 Å². The molecule has 0 spiro atoms. The van der Waals surface area contributed by atoms with E-state index in [1.807, 2.05) is 24.3 Å². The highest BCUT2D eigenvalue weighted by atomic mass is 16.5. The first kappa shape index (κ1) is 23.4. The number of fused-ring (bicyclic) bond motifs is 3. The number of carboxylic acids is 1. The summed E-state index contributed by atoms with van der Waals surface area (Å²) in [6.45, 7) is 0.679. The zero-order valence-electron chi connectivity index (χ0n) is 19.7. The van der Waals surface area contributed by atoms with Crippen molar-refractivity contribution in [3.05, 3.63) is 59.7 Å². The molecule has 1 saturated carbocycles. The van der Waals surface area contributed by atoms with E-state index >= 15 is 0 Å². The molecule has 2 N–H and O–H groups in total. The second-order valence-electron chi connectivity index (χ2n) is 9.68. The van der Waals surface area contributed by atoms with Crippen molar-refractivity contribution in [3.8, 4) is 11.1 Å². The first-order valence-corrected chi connectivity index (χ1v) is 12.1. The molecule has 0 unspecified atom stereocenters. The van der Waals surface area contributed by atoms with Crippen LogP contribution in [0.2, 0.25) is 0 Å². The lowest BCUT2D eigenvalue weighted by molar-refractivity contribution is -0.165. The fourth-order valence-corrected chi connectivity index (χ4v) is 5.56. The van der Waals surface area contributed by atoms with Gasteiger partial charge < -0.3 is 24.8 Å². The van der Waals surface area contributed by atoms with Gasteiger partial charge in [0.05, 0.1) is 18.6 Å². The van der Waals surface area contributed by atoms with Gasteiger partial charge in [-0.05, 0) is 47.9 Å². The van der Waals surface area contributed by atoms with Crippen LogP contribution in [0.15, 0.2) is 48.5 Å². The molecule has 2 atom stereocenters. The van der Waals surface area contributed by atoms with Gasteiger partial charge in [-0.2, -0.15) is 0 Å². The van der Waals surface area contributed by atoms with E-state index in [4.69, 9.17) is 9.47 Å². The number of alkyl carbamates (subject to hydrolysis) is 1. The molecular formula is C27H30N2O6. The molecule has 2 aromatic rings. The molecule has 2 amide bonds. The fraction of sp³-hybridized carbons (Fsp3) is 0.444. The number of carbonyl (C=O) groups is 3. The number of rotatable bonds is 7. The van der Waals surface area contributed by atoms with Gasteiger partial charge in [0.1, 0.15) is 12.1 Å². The van der Waals surface area contributed by atoms with Crippen molar-refractivity contribution in [1.29, 1.82) is 0 Å². The van der Waals surface area contributed by atoms with Crippen LogP contribution in [0.4, 0.5) is 4.79 Å². The molecule has 0 radical (unpaired) electrons. The van der Waals surface area contributed by atoms with Crippen molar-refractivity contribution in [2.24, 2.45) is 5.92 Å². The molecule has 8 nitrogen and oxygen atoms in total. The number of aliphatic carboxylic acids is 1. The van der Waals surface area contributed by atoms with Crippen LogP contribution in [-0.4, -0.2) is 66.4 Å². The van der Waals surface area contributed by atoms with Gasteiger partial charge in [0, 0.05) is 19.5 Å². The van der Waals surface area contributed by atoms with Gasteiger partial charge in [0.25, 0.3) is 0 Å². The summed E-state index contributed by atoms with van der Waals surface area (Å²) in [5, 5.41) is 12.3. The van der Waals surface area contributed by atoms with Crippen molar-refractivity contribution in [2.45, 2.75) is 43.2 Å². The molecular weight excluding hydrogens is 448 g/mol. The molecule has 2 aromatic carbocycles. The number of carbonyl (C=O) groups excluding carboxylic acids is 2. The van der Waals surface area contributed by atoms with Crippen LogP contribution in [0.25, 0.3) is 11.1 Å². The van der Waals surface area contributed by atoms with Gasteiger partial charge in [0.15, 0.2) is 0 Å². The van der Waals surface area contributed by atoms with Crippen LogP contribution in [0, 0.1) is 5.92 Å². The van der Waals surface area contributed by atoms with E-state index < -0.39 is 23.5 Å². The minimum Gasteiger partial charge on any atom is -0.479 e. The lowest BCUT2D eigenvalue weighted by atomic mass is 9.75. The normalized spacial score (nSPS) is 22.0. The highest BCUT2D eigenvalue weighted by Crippen LogP contribution is 2.44. The predicted molar refractivity (Wildman–Crippen MR) is 128 cm³/mol. The Morgan fingerprint density at radius 1 is 1.09 bits per heavy atom. The van der Waals surface area contributed by atoms with Crippen molar-refractivity contribution in [3.63, 3.8) is 0 Å². The Hall–Kier alpha value is -3.39. The smallest absolute Gasteiger partial charge is 0.407 e. The predicted octanol–water partition coefficient (Wildman–Crippen LogP) is 3.40. The Morgan fingerprint density at radius 2 is 1.71 bits per heavy atom. The Morgan fingerprint density at radius 3 is 2.29 bits per heavy atom. The highest BCUT2D eigenvalue weighted by Gasteiger charge is 2.51. The van der Waals surface area contributed by atoms with Crippen LogP contribution >= 0.6 is 0 Å². The Bertz CT molecular complexity index is 1100. The fourth-order valence-electron chi connectivity index (χ4n) is 5.56. The second kappa shape index (κ2) is 9.34. The summed E-state index contributed by atoms with van der Waals surface area (Å²) in [4.78, 5) is 38.4. The monoisotopic (exact) mass is 478 g/mol. The van der Waals surface area contributed by atoms with E-state index in [9.17, 15) is 19.5 Å². The lowest BCUT2D eigenvalue weighted by Gasteiger charge is -2.45. The minimum atomic E-state index is -1.09. The van der Waals surface area contributed by atoms with Gasteiger partial charge in [-0.3, -0.25) is 4.79 Å². The molecule has 0 bridgehead atoms. The summed E-state index contributed by atoms with van der Waals surface area (Å²) < 4.78 is 11.3.